The number of hydrogen-bond acceptors (Lipinski definition) is 6. The fraction of sp³-hybridized carbons (Fsp3) is 0.364. The van der Waals surface area contributed by atoms with Crippen LogP contribution >= 0.6 is 0 Å². The third-order valence-electron chi connectivity index (χ3n) is 5.40. The van der Waals surface area contributed by atoms with Gasteiger partial charge in [-0.15, -0.1) is 0 Å². The van der Waals surface area contributed by atoms with Crippen LogP contribution in [0.2, 0.25) is 0 Å². The number of rotatable bonds is 6. The zero-order chi connectivity index (χ0) is 21.8. The SMILES string of the molecule is Cc1cc(C(=O)N2CCN(CCNC(=O)c3cc(-c4ccccc4)nn3C)CC2)no1. The number of nitrogens with zero attached hydrogens (tertiary/aromatic N) is 5. The Kier molecular flexibility index (Phi) is 6.13. The lowest BCUT2D eigenvalue weighted by Crippen LogP contribution is -2.50. The summed E-state index contributed by atoms with van der Waals surface area (Å²) in [4.78, 5) is 29.0. The fourth-order valence-corrected chi connectivity index (χ4v) is 3.65. The molecule has 2 aromatic heterocycles. The molecule has 9 heteroatoms. The average molecular weight is 422 g/mol. The minimum atomic E-state index is -0.146. The van der Waals surface area contributed by atoms with Gasteiger partial charge in [-0.25, -0.2) is 0 Å². The van der Waals surface area contributed by atoms with E-state index in [1.165, 1.54) is 0 Å². The zero-order valence-electron chi connectivity index (χ0n) is 17.7. The Morgan fingerprint density at radius 1 is 1.10 bits per heavy atom. The third-order valence-corrected chi connectivity index (χ3v) is 5.40. The topological polar surface area (TPSA) is 96.5 Å². The lowest BCUT2D eigenvalue weighted by Gasteiger charge is -2.34. The van der Waals surface area contributed by atoms with Gasteiger partial charge in [0.2, 0.25) is 0 Å². The highest BCUT2D eigenvalue weighted by molar-refractivity contribution is 5.93. The predicted molar refractivity (Wildman–Crippen MR) is 115 cm³/mol. The Bertz CT molecular complexity index is 1050. The van der Waals surface area contributed by atoms with E-state index in [4.69, 9.17) is 4.52 Å². The molecule has 1 aliphatic heterocycles. The molecule has 1 saturated heterocycles. The van der Waals surface area contributed by atoms with Crippen LogP contribution in [0.5, 0.6) is 0 Å². The molecule has 3 aromatic rings. The van der Waals surface area contributed by atoms with E-state index in [-0.39, 0.29) is 11.8 Å². The van der Waals surface area contributed by atoms with E-state index in [0.717, 1.165) is 30.9 Å². The van der Waals surface area contributed by atoms with Gasteiger partial charge in [0, 0.05) is 57.9 Å². The Morgan fingerprint density at radius 3 is 2.52 bits per heavy atom. The number of hydrogen-bond donors (Lipinski definition) is 1. The van der Waals surface area contributed by atoms with E-state index >= 15 is 0 Å². The molecule has 0 bridgehead atoms. The van der Waals surface area contributed by atoms with Gasteiger partial charge in [-0.2, -0.15) is 5.10 Å². The molecule has 0 radical (unpaired) electrons. The van der Waals surface area contributed by atoms with Crippen molar-refractivity contribution in [2.75, 3.05) is 39.3 Å². The summed E-state index contributed by atoms with van der Waals surface area (Å²) in [6.45, 7) is 5.78. The number of carbonyl (C=O) groups is 2. The van der Waals surface area contributed by atoms with Gasteiger partial charge in [-0.1, -0.05) is 35.5 Å². The summed E-state index contributed by atoms with van der Waals surface area (Å²) in [5.74, 6) is 0.379. The summed E-state index contributed by atoms with van der Waals surface area (Å²) >= 11 is 0. The fourth-order valence-electron chi connectivity index (χ4n) is 3.65. The van der Waals surface area contributed by atoms with Gasteiger partial charge in [0.05, 0.1) is 5.69 Å². The van der Waals surface area contributed by atoms with Crippen molar-refractivity contribution >= 4 is 11.8 Å². The first-order valence-electron chi connectivity index (χ1n) is 10.3. The number of aromatic nitrogens is 3. The van der Waals surface area contributed by atoms with Crippen LogP contribution in [0, 0.1) is 6.92 Å². The molecule has 31 heavy (non-hydrogen) atoms. The summed E-state index contributed by atoms with van der Waals surface area (Å²) < 4.78 is 6.60. The molecule has 0 spiro atoms. The maximum absolute atomic E-state index is 12.6. The molecule has 9 nitrogen and oxygen atoms in total. The molecule has 0 saturated carbocycles. The van der Waals surface area contributed by atoms with Crippen LogP contribution in [-0.4, -0.2) is 75.8 Å². The molecular formula is C22H26N6O3. The predicted octanol–water partition coefficient (Wildman–Crippen LogP) is 1.57. The number of piperazine rings is 1. The monoisotopic (exact) mass is 422 g/mol. The zero-order valence-corrected chi connectivity index (χ0v) is 17.7. The highest BCUT2D eigenvalue weighted by Crippen LogP contribution is 2.18. The summed E-state index contributed by atoms with van der Waals surface area (Å²) in [5, 5.41) is 11.2. The first kappa shape index (κ1) is 20.8. The number of carbonyl (C=O) groups excluding carboxylic acids is 2. The van der Waals surface area contributed by atoms with Crippen LogP contribution in [-0.2, 0) is 7.05 Å². The van der Waals surface area contributed by atoms with E-state index in [2.05, 4.69) is 20.5 Å². The second-order valence-electron chi connectivity index (χ2n) is 7.62. The van der Waals surface area contributed by atoms with E-state index in [1.807, 2.05) is 30.3 Å². The molecule has 1 fully saturated rings. The Balaban J connectivity index is 1.24. The van der Waals surface area contributed by atoms with E-state index in [1.54, 1.807) is 35.7 Å². The summed E-state index contributed by atoms with van der Waals surface area (Å²) in [7, 11) is 1.77. The molecule has 162 valence electrons. The van der Waals surface area contributed by atoms with Gasteiger partial charge in [0.15, 0.2) is 5.69 Å². The minimum absolute atomic E-state index is 0.102. The van der Waals surface area contributed by atoms with Crippen LogP contribution in [0.15, 0.2) is 47.0 Å². The standard InChI is InChI=1S/C22H26N6O3/c1-16-14-19(25-31-16)22(30)28-12-10-27(11-13-28)9-8-23-21(29)20-15-18(24-26(20)2)17-6-4-3-5-7-17/h3-7,14-15H,8-13H2,1-2H3,(H,23,29). The molecule has 1 N–H and O–H groups in total. The second-order valence-corrected chi connectivity index (χ2v) is 7.62. The number of nitrogens with one attached hydrogen (secondary N) is 1. The Hall–Kier alpha value is -3.46. The lowest BCUT2D eigenvalue weighted by molar-refractivity contribution is 0.0628. The summed E-state index contributed by atoms with van der Waals surface area (Å²) in [6, 6.07) is 13.3. The largest absolute Gasteiger partial charge is 0.361 e. The van der Waals surface area contributed by atoms with Crippen molar-refractivity contribution in [2.24, 2.45) is 7.05 Å². The van der Waals surface area contributed by atoms with Crippen molar-refractivity contribution in [1.82, 2.24) is 30.1 Å². The van der Waals surface area contributed by atoms with Crippen molar-refractivity contribution < 1.29 is 14.1 Å². The van der Waals surface area contributed by atoms with Crippen molar-refractivity contribution in [3.05, 3.63) is 59.6 Å². The van der Waals surface area contributed by atoms with Crippen molar-refractivity contribution in [3.8, 4) is 11.3 Å². The maximum Gasteiger partial charge on any atom is 0.276 e. The van der Waals surface area contributed by atoms with E-state index in [9.17, 15) is 9.59 Å². The van der Waals surface area contributed by atoms with Gasteiger partial charge >= 0.3 is 0 Å². The van der Waals surface area contributed by atoms with E-state index < -0.39 is 0 Å². The number of benzene rings is 1. The summed E-state index contributed by atoms with van der Waals surface area (Å²) in [5.41, 5.74) is 2.63. The van der Waals surface area contributed by atoms with Gasteiger partial charge in [0.25, 0.3) is 11.8 Å². The molecular weight excluding hydrogens is 396 g/mol. The van der Waals surface area contributed by atoms with E-state index in [0.29, 0.717) is 36.8 Å². The minimum Gasteiger partial charge on any atom is -0.361 e. The normalized spacial score (nSPS) is 14.6. The highest BCUT2D eigenvalue weighted by atomic mass is 16.5. The van der Waals surface area contributed by atoms with Gasteiger partial charge in [-0.05, 0) is 13.0 Å². The van der Waals surface area contributed by atoms with Crippen molar-refractivity contribution in [3.63, 3.8) is 0 Å². The molecule has 0 unspecified atom stereocenters. The second kappa shape index (κ2) is 9.13. The highest BCUT2D eigenvalue weighted by Gasteiger charge is 2.24. The first-order chi connectivity index (χ1) is 15.0. The number of aryl methyl sites for hydroxylation is 2. The Labute approximate surface area is 180 Å². The molecule has 3 heterocycles. The quantitative estimate of drug-likeness (QED) is 0.648. The van der Waals surface area contributed by atoms with Gasteiger partial charge in [-0.3, -0.25) is 19.2 Å². The first-order valence-corrected chi connectivity index (χ1v) is 10.3. The molecule has 1 aromatic carbocycles. The smallest absolute Gasteiger partial charge is 0.276 e. The third kappa shape index (κ3) is 4.83. The van der Waals surface area contributed by atoms with Crippen molar-refractivity contribution in [2.45, 2.75) is 6.92 Å². The van der Waals surface area contributed by atoms with Gasteiger partial charge < -0.3 is 14.7 Å². The maximum atomic E-state index is 12.6. The Morgan fingerprint density at radius 2 is 1.84 bits per heavy atom. The van der Waals surface area contributed by atoms with Crippen LogP contribution in [0.25, 0.3) is 11.3 Å². The van der Waals surface area contributed by atoms with Crippen LogP contribution in [0.1, 0.15) is 26.7 Å². The summed E-state index contributed by atoms with van der Waals surface area (Å²) in [6.07, 6.45) is 0. The molecule has 0 aliphatic carbocycles. The average Bonchev–Trinajstić information content (AvgIpc) is 3.40. The van der Waals surface area contributed by atoms with Crippen LogP contribution < -0.4 is 5.32 Å². The molecule has 2 amide bonds. The van der Waals surface area contributed by atoms with Gasteiger partial charge in [0.1, 0.15) is 11.5 Å². The number of amides is 2. The van der Waals surface area contributed by atoms with Crippen molar-refractivity contribution in [1.29, 1.82) is 0 Å². The van der Waals surface area contributed by atoms with Crippen LogP contribution in [0.3, 0.4) is 0 Å². The lowest BCUT2D eigenvalue weighted by atomic mass is 10.1. The molecule has 1 aliphatic rings. The van der Waals surface area contributed by atoms with Crippen LogP contribution in [0.4, 0.5) is 0 Å². The molecule has 0 atom stereocenters. The molecule has 4 rings (SSSR count).